The van der Waals surface area contributed by atoms with Gasteiger partial charge in [-0.15, -0.1) is 0 Å². The molecular weight excluding hydrogens is 400 g/mol. The third-order valence-corrected chi connectivity index (χ3v) is 7.70. The highest BCUT2D eigenvalue weighted by Gasteiger charge is 2.33. The minimum Gasteiger partial charge on any atom is -0.466 e. The van der Waals surface area contributed by atoms with Crippen LogP contribution in [-0.4, -0.2) is 49.7 Å². The molecule has 0 bridgehead atoms. The lowest BCUT2D eigenvalue weighted by molar-refractivity contribution is 0.0696. The molecule has 2 heterocycles. The number of rotatable bonds is 5. The summed E-state index contributed by atoms with van der Waals surface area (Å²) in [6.45, 7) is 13.0. The molecule has 0 spiro atoms. The number of sulfonamides is 1. The highest BCUT2D eigenvalue weighted by Crippen LogP contribution is 2.30. The summed E-state index contributed by atoms with van der Waals surface area (Å²) in [6, 6.07) is 7.53. The highest BCUT2D eigenvalue weighted by atomic mass is 32.2. The Bertz CT molecular complexity index is 1030. The predicted molar refractivity (Wildman–Crippen MR) is 117 cm³/mol. The molecule has 1 aliphatic heterocycles. The zero-order valence-electron chi connectivity index (χ0n) is 18.7. The van der Waals surface area contributed by atoms with Crippen LogP contribution in [0, 0.1) is 13.8 Å². The molecule has 0 radical (unpaired) electrons. The lowest BCUT2D eigenvalue weighted by Gasteiger charge is -2.34. The third kappa shape index (κ3) is 4.32. The normalized spacial score (nSPS) is 15.9. The fraction of sp³-hybridized carbons (Fsp3) is 0.522. The fourth-order valence-corrected chi connectivity index (χ4v) is 5.70. The Balaban J connectivity index is 1.82. The molecule has 1 fully saturated rings. The van der Waals surface area contributed by atoms with Gasteiger partial charge in [-0.1, -0.05) is 39.8 Å². The summed E-state index contributed by atoms with van der Waals surface area (Å²) in [5, 5.41) is 0. The summed E-state index contributed by atoms with van der Waals surface area (Å²) in [6.07, 6.45) is 0. The maximum Gasteiger partial charge on any atom is 0.257 e. The number of hydrogen-bond acceptors (Lipinski definition) is 4. The maximum absolute atomic E-state index is 13.5. The topological polar surface area (TPSA) is 70.8 Å². The number of benzene rings is 1. The quantitative estimate of drug-likeness (QED) is 0.707. The number of carbonyl (C=O) groups excluding carboxylic acids is 1. The van der Waals surface area contributed by atoms with Crippen LogP contribution in [0.15, 0.2) is 33.6 Å². The molecule has 30 heavy (non-hydrogen) atoms. The number of hydrogen-bond donors (Lipinski definition) is 0. The van der Waals surface area contributed by atoms with Crippen molar-refractivity contribution in [3.63, 3.8) is 0 Å². The molecule has 3 rings (SSSR count). The van der Waals surface area contributed by atoms with Crippen LogP contribution in [0.1, 0.15) is 72.5 Å². The molecule has 1 aromatic carbocycles. The first-order chi connectivity index (χ1) is 14.0. The maximum atomic E-state index is 13.5. The van der Waals surface area contributed by atoms with Gasteiger partial charge in [0.25, 0.3) is 5.91 Å². The zero-order chi connectivity index (χ0) is 22.2. The van der Waals surface area contributed by atoms with Crippen LogP contribution in [0.4, 0.5) is 0 Å². The number of piperazine rings is 1. The Morgan fingerprint density at radius 1 is 0.967 bits per heavy atom. The van der Waals surface area contributed by atoms with Crippen molar-refractivity contribution in [1.29, 1.82) is 0 Å². The Kier molecular flexibility index (Phi) is 6.43. The van der Waals surface area contributed by atoms with Gasteiger partial charge in [-0.25, -0.2) is 8.42 Å². The van der Waals surface area contributed by atoms with Gasteiger partial charge in [0, 0.05) is 26.2 Å². The van der Waals surface area contributed by atoms with Gasteiger partial charge in [-0.2, -0.15) is 4.31 Å². The van der Waals surface area contributed by atoms with Crippen LogP contribution in [0.25, 0.3) is 0 Å². The summed E-state index contributed by atoms with van der Waals surface area (Å²) in [5.74, 6) is 1.54. The number of carbonyl (C=O) groups is 1. The second-order valence-electron chi connectivity index (χ2n) is 8.63. The summed E-state index contributed by atoms with van der Waals surface area (Å²) < 4.78 is 34.0. The van der Waals surface area contributed by atoms with Crippen LogP contribution < -0.4 is 0 Å². The largest absolute Gasteiger partial charge is 0.466 e. The van der Waals surface area contributed by atoms with E-state index in [1.54, 1.807) is 17.9 Å². The Morgan fingerprint density at radius 2 is 1.60 bits per heavy atom. The van der Waals surface area contributed by atoms with E-state index in [-0.39, 0.29) is 30.8 Å². The standard InChI is InChI=1S/C23H32N2O4S/c1-15(2)19-7-8-20(16(3)4)22(14-19)30(27,28)25-11-9-24(10-12-25)23(26)21-13-17(5)29-18(21)6/h7-8,13-16H,9-12H2,1-6H3. The van der Waals surface area contributed by atoms with Crippen LogP contribution >= 0.6 is 0 Å². The molecular formula is C23H32N2O4S. The van der Waals surface area contributed by atoms with Crippen molar-refractivity contribution < 1.29 is 17.6 Å². The number of nitrogens with zero attached hydrogens (tertiary/aromatic N) is 2. The lowest BCUT2D eigenvalue weighted by atomic mass is 9.97. The zero-order valence-corrected chi connectivity index (χ0v) is 19.5. The molecule has 0 aliphatic carbocycles. The molecule has 1 saturated heterocycles. The smallest absolute Gasteiger partial charge is 0.257 e. The first-order valence-electron chi connectivity index (χ1n) is 10.5. The average Bonchev–Trinajstić information content (AvgIpc) is 3.04. The minimum atomic E-state index is -3.63. The van der Waals surface area contributed by atoms with E-state index in [4.69, 9.17) is 4.42 Å². The lowest BCUT2D eigenvalue weighted by Crippen LogP contribution is -2.50. The molecule has 7 heteroatoms. The van der Waals surface area contributed by atoms with E-state index in [1.807, 2.05) is 39.0 Å². The Hall–Kier alpha value is -2.12. The molecule has 0 N–H and O–H groups in total. The molecule has 1 amide bonds. The summed E-state index contributed by atoms with van der Waals surface area (Å²) in [5.41, 5.74) is 2.40. The molecule has 6 nitrogen and oxygen atoms in total. The van der Waals surface area contributed by atoms with Crippen molar-refractivity contribution >= 4 is 15.9 Å². The van der Waals surface area contributed by atoms with Crippen LogP contribution in [0.2, 0.25) is 0 Å². The monoisotopic (exact) mass is 432 g/mol. The van der Waals surface area contributed by atoms with Gasteiger partial charge in [0.1, 0.15) is 11.5 Å². The summed E-state index contributed by atoms with van der Waals surface area (Å²) >= 11 is 0. The van der Waals surface area contributed by atoms with E-state index in [2.05, 4.69) is 13.8 Å². The van der Waals surface area contributed by atoms with E-state index in [0.717, 1.165) is 11.1 Å². The Morgan fingerprint density at radius 3 is 2.10 bits per heavy atom. The number of furan rings is 1. The first kappa shape index (κ1) is 22.6. The molecule has 2 aromatic rings. The SMILES string of the molecule is Cc1cc(C(=O)N2CCN(S(=O)(=O)c3cc(C(C)C)ccc3C(C)C)CC2)c(C)o1. The van der Waals surface area contributed by atoms with Gasteiger partial charge in [0.15, 0.2) is 0 Å². The second-order valence-corrected chi connectivity index (χ2v) is 10.5. The van der Waals surface area contributed by atoms with Gasteiger partial charge in [0.05, 0.1) is 10.5 Å². The van der Waals surface area contributed by atoms with Crippen molar-refractivity contribution in [2.75, 3.05) is 26.2 Å². The van der Waals surface area contributed by atoms with Gasteiger partial charge in [-0.05, 0) is 48.9 Å². The predicted octanol–water partition coefficient (Wildman–Crippen LogP) is 4.29. The molecule has 0 saturated carbocycles. The van der Waals surface area contributed by atoms with E-state index in [0.29, 0.717) is 35.1 Å². The van der Waals surface area contributed by atoms with Crippen LogP contribution in [0.3, 0.4) is 0 Å². The second kappa shape index (κ2) is 8.55. The number of aryl methyl sites for hydroxylation is 2. The van der Waals surface area contributed by atoms with Crippen LogP contribution in [0.5, 0.6) is 0 Å². The van der Waals surface area contributed by atoms with Crippen LogP contribution in [-0.2, 0) is 10.0 Å². The molecule has 164 valence electrons. The number of amides is 1. The molecule has 0 unspecified atom stereocenters. The Labute approximate surface area is 179 Å². The van der Waals surface area contributed by atoms with Gasteiger partial charge in [-0.3, -0.25) is 4.79 Å². The van der Waals surface area contributed by atoms with Gasteiger partial charge < -0.3 is 9.32 Å². The van der Waals surface area contributed by atoms with Crippen molar-refractivity contribution in [3.05, 3.63) is 52.5 Å². The van der Waals surface area contributed by atoms with Gasteiger partial charge >= 0.3 is 0 Å². The van der Waals surface area contributed by atoms with Crippen molar-refractivity contribution in [1.82, 2.24) is 9.21 Å². The summed E-state index contributed by atoms with van der Waals surface area (Å²) in [4.78, 5) is 14.9. The van der Waals surface area contributed by atoms with Crippen molar-refractivity contribution in [3.8, 4) is 0 Å². The molecule has 1 aromatic heterocycles. The average molecular weight is 433 g/mol. The molecule has 0 atom stereocenters. The van der Waals surface area contributed by atoms with Crippen molar-refractivity contribution in [2.45, 2.75) is 58.3 Å². The fourth-order valence-electron chi connectivity index (χ4n) is 3.89. The first-order valence-corrected chi connectivity index (χ1v) is 12.0. The van der Waals surface area contributed by atoms with Gasteiger partial charge in [0.2, 0.25) is 10.0 Å². The van der Waals surface area contributed by atoms with E-state index < -0.39 is 10.0 Å². The highest BCUT2D eigenvalue weighted by molar-refractivity contribution is 7.89. The third-order valence-electron chi connectivity index (χ3n) is 5.74. The van der Waals surface area contributed by atoms with E-state index in [1.165, 1.54) is 4.31 Å². The van der Waals surface area contributed by atoms with Crippen molar-refractivity contribution in [2.24, 2.45) is 0 Å². The summed E-state index contributed by atoms with van der Waals surface area (Å²) in [7, 11) is -3.63. The minimum absolute atomic E-state index is 0.103. The van der Waals surface area contributed by atoms with E-state index >= 15 is 0 Å². The molecule has 1 aliphatic rings. The van der Waals surface area contributed by atoms with E-state index in [9.17, 15) is 13.2 Å².